The highest BCUT2D eigenvalue weighted by Gasteiger charge is 2.47. The molecule has 0 aliphatic heterocycles. The molecule has 4 heteroatoms. The summed E-state index contributed by atoms with van der Waals surface area (Å²) in [5, 5.41) is 2.43. The van der Waals surface area contributed by atoms with Gasteiger partial charge < -0.3 is 9.30 Å². The highest BCUT2D eigenvalue weighted by Crippen LogP contribution is 2.56. The van der Waals surface area contributed by atoms with Crippen LogP contribution in [0.25, 0.3) is 0 Å². The molecule has 0 amide bonds. The quantitative estimate of drug-likeness (QED) is 0.312. The summed E-state index contributed by atoms with van der Waals surface area (Å²) in [7, 11) is -1.63. The Labute approximate surface area is 199 Å². The van der Waals surface area contributed by atoms with E-state index in [9.17, 15) is 9.36 Å². The molecule has 3 unspecified atom stereocenters. The topological polar surface area (TPSA) is 43.4 Å². The van der Waals surface area contributed by atoms with Crippen molar-refractivity contribution in [2.24, 2.45) is 5.92 Å². The van der Waals surface area contributed by atoms with Gasteiger partial charge in [-0.2, -0.15) is 0 Å². The molecule has 34 heavy (non-hydrogen) atoms. The number of hydrogen-bond acceptors (Lipinski definition) is 3. The summed E-state index contributed by atoms with van der Waals surface area (Å²) in [5.41, 5.74) is 4.82. The minimum Gasteiger partial charge on any atom is -0.469 e. The summed E-state index contributed by atoms with van der Waals surface area (Å²) in [6, 6.07) is 34.2. The van der Waals surface area contributed by atoms with Gasteiger partial charge in [0.2, 0.25) is 0 Å². The predicted molar refractivity (Wildman–Crippen MR) is 136 cm³/mol. The van der Waals surface area contributed by atoms with Gasteiger partial charge in [-0.1, -0.05) is 97.1 Å². The van der Waals surface area contributed by atoms with E-state index in [1.807, 2.05) is 72.8 Å². The number of carbonyl (C=O) groups is 1. The molecule has 0 aromatic heterocycles. The SMILES string of the molecule is COC(=O)C1CC2c3ccccc3C1c1cc(P(=O)(c3ccccc3)c3ccccc3)ccc12. The van der Waals surface area contributed by atoms with Crippen molar-refractivity contribution in [2.45, 2.75) is 18.3 Å². The minimum absolute atomic E-state index is 0.0939. The Balaban J connectivity index is 1.58. The van der Waals surface area contributed by atoms with Crippen LogP contribution in [0.2, 0.25) is 0 Å². The number of carbonyl (C=O) groups excluding carboxylic acids is 1. The van der Waals surface area contributed by atoms with Gasteiger partial charge in [-0.05, 0) is 34.7 Å². The number of rotatable bonds is 4. The summed E-state index contributed by atoms with van der Waals surface area (Å²) < 4.78 is 20.2. The molecular weight excluding hydrogens is 439 g/mol. The Kier molecular flexibility index (Phi) is 5.04. The first-order chi connectivity index (χ1) is 16.6. The van der Waals surface area contributed by atoms with E-state index in [4.69, 9.17) is 4.74 Å². The zero-order chi connectivity index (χ0) is 23.3. The van der Waals surface area contributed by atoms with Crippen LogP contribution in [-0.4, -0.2) is 13.1 Å². The molecule has 7 rings (SSSR count). The van der Waals surface area contributed by atoms with Crippen molar-refractivity contribution >= 4 is 29.0 Å². The molecule has 3 atom stereocenters. The normalized spacial score (nSPS) is 20.3. The number of benzene rings is 4. The average Bonchev–Trinajstić information content (AvgIpc) is 2.92. The fourth-order valence-corrected chi connectivity index (χ4v) is 8.66. The van der Waals surface area contributed by atoms with Crippen LogP contribution in [0.4, 0.5) is 0 Å². The molecule has 0 fully saturated rings. The molecule has 168 valence electrons. The van der Waals surface area contributed by atoms with E-state index in [-0.39, 0.29) is 23.7 Å². The van der Waals surface area contributed by atoms with Crippen LogP contribution in [0.3, 0.4) is 0 Å². The van der Waals surface area contributed by atoms with E-state index in [2.05, 4.69) is 30.3 Å². The second-order valence-corrected chi connectivity index (χ2v) is 11.9. The van der Waals surface area contributed by atoms with Gasteiger partial charge in [0.05, 0.1) is 13.0 Å². The van der Waals surface area contributed by atoms with Crippen LogP contribution < -0.4 is 15.9 Å². The first-order valence-corrected chi connectivity index (χ1v) is 13.4. The van der Waals surface area contributed by atoms with Crippen LogP contribution in [-0.2, 0) is 14.1 Å². The summed E-state index contributed by atoms with van der Waals surface area (Å²) in [6.45, 7) is 0. The lowest BCUT2D eigenvalue weighted by Crippen LogP contribution is -2.38. The van der Waals surface area contributed by atoms with Crippen molar-refractivity contribution in [3.8, 4) is 0 Å². The molecular formula is C30H25O3P. The first-order valence-electron chi connectivity index (χ1n) is 11.6. The summed E-state index contributed by atoms with van der Waals surface area (Å²) >= 11 is 0. The van der Waals surface area contributed by atoms with E-state index in [1.54, 1.807) is 0 Å². The van der Waals surface area contributed by atoms with Crippen LogP contribution in [0, 0.1) is 5.92 Å². The van der Waals surface area contributed by atoms with E-state index in [0.29, 0.717) is 0 Å². The minimum atomic E-state index is -3.10. The van der Waals surface area contributed by atoms with Gasteiger partial charge >= 0.3 is 5.97 Å². The van der Waals surface area contributed by atoms with Crippen molar-refractivity contribution in [1.82, 2.24) is 0 Å². The van der Waals surface area contributed by atoms with Crippen molar-refractivity contribution in [3.63, 3.8) is 0 Å². The standard InChI is InChI=1S/C30H25O3P/c1-33-30(31)28-19-26-23-14-8-9-15-25(23)29(28)27-18-22(16-17-24(26)27)34(32,20-10-4-2-5-11-20)21-12-6-3-7-13-21/h2-18,26,28-29H,19H2,1H3. The van der Waals surface area contributed by atoms with Crippen LogP contribution in [0.5, 0.6) is 0 Å². The highest BCUT2D eigenvalue weighted by molar-refractivity contribution is 7.85. The molecule has 3 aliphatic rings. The Bertz CT molecular complexity index is 1380. The van der Waals surface area contributed by atoms with Gasteiger partial charge in [-0.15, -0.1) is 0 Å². The van der Waals surface area contributed by atoms with Gasteiger partial charge in [0.1, 0.15) is 0 Å². The van der Waals surface area contributed by atoms with Crippen molar-refractivity contribution < 1.29 is 14.1 Å². The maximum atomic E-state index is 14.9. The number of fused-ring (bicyclic) bond motifs is 1. The third-order valence-corrected chi connectivity index (χ3v) is 10.5. The van der Waals surface area contributed by atoms with Gasteiger partial charge in [-0.3, -0.25) is 4.79 Å². The van der Waals surface area contributed by atoms with E-state index in [1.165, 1.54) is 23.8 Å². The number of ether oxygens (including phenoxy) is 1. The lowest BCUT2D eigenvalue weighted by atomic mass is 9.59. The smallest absolute Gasteiger partial charge is 0.309 e. The van der Waals surface area contributed by atoms with Gasteiger partial charge in [-0.25, -0.2) is 0 Å². The van der Waals surface area contributed by atoms with Gasteiger partial charge in [0.25, 0.3) is 0 Å². The molecule has 0 heterocycles. The monoisotopic (exact) mass is 464 g/mol. The molecule has 2 bridgehead atoms. The van der Waals surface area contributed by atoms with Crippen LogP contribution in [0.1, 0.15) is 40.5 Å². The third-order valence-electron chi connectivity index (χ3n) is 7.49. The average molecular weight is 465 g/mol. The molecule has 3 nitrogen and oxygen atoms in total. The van der Waals surface area contributed by atoms with E-state index in [0.717, 1.165) is 27.9 Å². The fraction of sp³-hybridized carbons (Fsp3) is 0.167. The molecule has 4 aromatic rings. The zero-order valence-electron chi connectivity index (χ0n) is 18.9. The largest absolute Gasteiger partial charge is 0.469 e. The van der Waals surface area contributed by atoms with Crippen molar-refractivity contribution in [2.75, 3.05) is 7.11 Å². The second kappa shape index (κ2) is 8.11. The Hall–Kier alpha value is -3.42. The molecule has 3 aliphatic carbocycles. The molecule has 4 aromatic carbocycles. The lowest BCUT2D eigenvalue weighted by Gasteiger charge is -2.44. The van der Waals surface area contributed by atoms with Crippen molar-refractivity contribution in [3.05, 3.63) is 125 Å². The zero-order valence-corrected chi connectivity index (χ0v) is 19.8. The molecule has 0 spiro atoms. The summed E-state index contributed by atoms with van der Waals surface area (Å²) in [5.74, 6) is -0.360. The molecule has 0 radical (unpaired) electrons. The number of methoxy groups -OCH3 is 1. The lowest BCUT2D eigenvalue weighted by molar-refractivity contribution is -0.146. The Morgan fingerprint density at radius 1 is 0.706 bits per heavy atom. The predicted octanol–water partition coefficient (Wildman–Crippen LogP) is 5.10. The Morgan fingerprint density at radius 3 is 1.88 bits per heavy atom. The molecule has 0 N–H and O–H groups in total. The maximum Gasteiger partial charge on any atom is 0.309 e. The molecule has 0 saturated carbocycles. The number of esters is 1. The molecule has 0 saturated heterocycles. The summed E-state index contributed by atoms with van der Waals surface area (Å²) in [4.78, 5) is 12.8. The fourth-order valence-electron chi connectivity index (χ4n) is 5.98. The Morgan fingerprint density at radius 2 is 1.26 bits per heavy atom. The summed E-state index contributed by atoms with van der Waals surface area (Å²) in [6.07, 6.45) is 0.746. The highest BCUT2D eigenvalue weighted by atomic mass is 31.2. The number of hydrogen-bond donors (Lipinski definition) is 0. The van der Waals surface area contributed by atoms with Gasteiger partial charge in [0.15, 0.2) is 7.14 Å². The van der Waals surface area contributed by atoms with Crippen LogP contribution >= 0.6 is 7.14 Å². The van der Waals surface area contributed by atoms with E-state index < -0.39 is 7.14 Å². The van der Waals surface area contributed by atoms with Crippen LogP contribution in [0.15, 0.2) is 103 Å². The second-order valence-electron chi connectivity index (χ2n) is 9.12. The third kappa shape index (κ3) is 3.04. The van der Waals surface area contributed by atoms with E-state index >= 15 is 0 Å². The maximum absolute atomic E-state index is 14.9. The van der Waals surface area contributed by atoms with Crippen molar-refractivity contribution in [1.29, 1.82) is 0 Å². The first kappa shape index (κ1) is 21.1. The van der Waals surface area contributed by atoms with Gasteiger partial charge in [0, 0.05) is 27.7 Å².